The third-order valence-electron chi connectivity index (χ3n) is 6.57. The maximum absolute atomic E-state index is 10.8. The van der Waals surface area contributed by atoms with Crippen LogP contribution >= 0.6 is 0 Å². The van der Waals surface area contributed by atoms with Crippen LogP contribution in [0.1, 0.15) is 102 Å². The van der Waals surface area contributed by atoms with Crippen LogP contribution in [0.15, 0.2) is 18.2 Å². The summed E-state index contributed by atoms with van der Waals surface area (Å²) in [7, 11) is 0. The van der Waals surface area contributed by atoms with Crippen molar-refractivity contribution in [2.75, 3.05) is 6.61 Å². The van der Waals surface area contributed by atoms with Crippen molar-refractivity contribution in [3.8, 4) is 5.75 Å². The van der Waals surface area contributed by atoms with Crippen molar-refractivity contribution in [2.24, 2.45) is 5.92 Å². The number of phenolic OH excluding ortho intramolecular Hbond substituents is 1. The number of aliphatic hydroxyl groups excluding tert-OH is 2. The van der Waals surface area contributed by atoms with E-state index in [2.05, 4.69) is 32.9 Å². The van der Waals surface area contributed by atoms with E-state index in [1.807, 2.05) is 6.07 Å². The maximum atomic E-state index is 10.8. The Kier molecular flexibility index (Phi) is 8.62. The van der Waals surface area contributed by atoms with Crippen LogP contribution in [0, 0.1) is 5.92 Å². The van der Waals surface area contributed by atoms with Gasteiger partial charge in [-0.25, -0.2) is 0 Å². The topological polar surface area (TPSA) is 60.7 Å². The summed E-state index contributed by atoms with van der Waals surface area (Å²) in [5, 5.41) is 30.2. The van der Waals surface area contributed by atoms with Crippen LogP contribution in [0.4, 0.5) is 0 Å². The highest BCUT2D eigenvalue weighted by Crippen LogP contribution is 2.44. The first-order valence-corrected chi connectivity index (χ1v) is 11.0. The van der Waals surface area contributed by atoms with Gasteiger partial charge in [-0.2, -0.15) is 0 Å². The van der Waals surface area contributed by atoms with Crippen molar-refractivity contribution in [1.29, 1.82) is 0 Å². The van der Waals surface area contributed by atoms with Gasteiger partial charge in [0.15, 0.2) is 0 Å². The fourth-order valence-electron chi connectivity index (χ4n) is 4.71. The van der Waals surface area contributed by atoms with Crippen molar-refractivity contribution in [3.63, 3.8) is 0 Å². The molecule has 0 bridgehead atoms. The number of hydrogen-bond donors (Lipinski definition) is 3. The molecular weight excluding hydrogens is 336 g/mol. The summed E-state index contributed by atoms with van der Waals surface area (Å²) in [4.78, 5) is 0. The molecule has 3 nitrogen and oxygen atoms in total. The molecule has 1 aliphatic carbocycles. The first-order chi connectivity index (χ1) is 12.9. The van der Waals surface area contributed by atoms with Crippen molar-refractivity contribution in [2.45, 2.75) is 102 Å². The van der Waals surface area contributed by atoms with E-state index in [1.54, 1.807) is 0 Å². The fourth-order valence-corrected chi connectivity index (χ4v) is 4.71. The van der Waals surface area contributed by atoms with Crippen LogP contribution in [0.5, 0.6) is 5.75 Å². The second-order valence-corrected chi connectivity index (χ2v) is 9.17. The van der Waals surface area contributed by atoms with Crippen LogP contribution in [-0.2, 0) is 5.41 Å². The normalized spacial score (nSPS) is 23.5. The summed E-state index contributed by atoms with van der Waals surface area (Å²) in [6.07, 6.45) is 10.1. The van der Waals surface area contributed by atoms with Crippen molar-refractivity contribution >= 4 is 0 Å². The van der Waals surface area contributed by atoms with Crippen LogP contribution in [0.2, 0.25) is 0 Å². The molecule has 2 rings (SSSR count). The molecule has 3 heteroatoms. The molecule has 1 aliphatic rings. The summed E-state index contributed by atoms with van der Waals surface area (Å²) in [6.45, 7) is 6.98. The Morgan fingerprint density at radius 3 is 2.52 bits per heavy atom. The summed E-state index contributed by atoms with van der Waals surface area (Å²) in [5.41, 5.74) is 2.23. The van der Waals surface area contributed by atoms with Gasteiger partial charge in [0.25, 0.3) is 0 Å². The van der Waals surface area contributed by atoms with E-state index in [0.717, 1.165) is 37.7 Å². The van der Waals surface area contributed by atoms with Gasteiger partial charge < -0.3 is 15.3 Å². The van der Waals surface area contributed by atoms with Crippen molar-refractivity contribution < 1.29 is 15.3 Å². The zero-order chi connectivity index (χ0) is 19.9. The van der Waals surface area contributed by atoms with Gasteiger partial charge in [-0.05, 0) is 73.0 Å². The Balaban J connectivity index is 2.13. The quantitative estimate of drug-likeness (QED) is 0.462. The Bertz CT molecular complexity index is 565. The molecule has 0 aromatic heterocycles. The van der Waals surface area contributed by atoms with Gasteiger partial charge in [-0.15, -0.1) is 0 Å². The molecule has 3 N–H and O–H groups in total. The number of aliphatic hydroxyl groups is 2. The number of hydrogen-bond acceptors (Lipinski definition) is 3. The molecule has 0 spiro atoms. The lowest BCUT2D eigenvalue weighted by atomic mass is 9.71. The lowest BCUT2D eigenvalue weighted by Gasteiger charge is -2.35. The number of rotatable bonds is 10. The number of phenols is 1. The second kappa shape index (κ2) is 10.5. The average Bonchev–Trinajstić information content (AvgIpc) is 2.64. The standard InChI is InChI=1S/C24H40O3/c1-4-5-6-7-14-24(2,3)19-11-13-21(23(27)16-19)22-17-20(26)12-10-18(22)9-8-15-25/h11,13,16,18,20,22,25-27H,4-10,12,14-15,17H2,1-3H3/t18-,20+,22+/m0/s1. The Morgan fingerprint density at radius 2 is 1.85 bits per heavy atom. The summed E-state index contributed by atoms with van der Waals surface area (Å²) in [6, 6.07) is 6.23. The molecule has 0 amide bonds. The van der Waals surface area contributed by atoms with Gasteiger partial charge >= 0.3 is 0 Å². The SMILES string of the molecule is CCCCCCC(C)(C)c1ccc([C@@H]2C[C@H](O)CC[C@@H]2CCCO)c(O)c1. The highest BCUT2D eigenvalue weighted by Gasteiger charge is 2.32. The lowest BCUT2D eigenvalue weighted by molar-refractivity contribution is 0.0879. The van der Waals surface area contributed by atoms with Gasteiger partial charge in [-0.3, -0.25) is 0 Å². The van der Waals surface area contributed by atoms with Crippen LogP contribution < -0.4 is 0 Å². The van der Waals surface area contributed by atoms with Crippen molar-refractivity contribution in [1.82, 2.24) is 0 Å². The molecule has 1 fully saturated rings. The smallest absolute Gasteiger partial charge is 0.119 e. The van der Waals surface area contributed by atoms with Crippen LogP contribution in [0.3, 0.4) is 0 Å². The molecule has 0 saturated heterocycles. The predicted molar refractivity (Wildman–Crippen MR) is 112 cm³/mol. The summed E-state index contributed by atoms with van der Waals surface area (Å²) >= 11 is 0. The van der Waals surface area contributed by atoms with Crippen molar-refractivity contribution in [3.05, 3.63) is 29.3 Å². The van der Waals surface area contributed by atoms with Gasteiger partial charge in [-0.1, -0.05) is 58.6 Å². The molecular formula is C24H40O3. The van der Waals surface area contributed by atoms with E-state index >= 15 is 0 Å². The summed E-state index contributed by atoms with van der Waals surface area (Å²) < 4.78 is 0. The molecule has 0 aliphatic heterocycles. The number of unbranched alkanes of at least 4 members (excludes halogenated alkanes) is 3. The van der Waals surface area contributed by atoms with E-state index in [9.17, 15) is 15.3 Å². The third-order valence-corrected chi connectivity index (χ3v) is 6.57. The zero-order valence-electron chi connectivity index (χ0n) is 17.6. The van der Waals surface area contributed by atoms with Crippen LogP contribution in [0.25, 0.3) is 0 Å². The van der Waals surface area contributed by atoms with E-state index in [4.69, 9.17) is 0 Å². The first-order valence-electron chi connectivity index (χ1n) is 11.0. The average molecular weight is 377 g/mol. The minimum Gasteiger partial charge on any atom is -0.508 e. The maximum Gasteiger partial charge on any atom is 0.119 e. The monoisotopic (exact) mass is 376 g/mol. The Morgan fingerprint density at radius 1 is 1.07 bits per heavy atom. The van der Waals surface area contributed by atoms with E-state index in [1.165, 1.54) is 31.2 Å². The molecule has 1 saturated carbocycles. The largest absolute Gasteiger partial charge is 0.508 e. The number of benzene rings is 1. The first kappa shape index (κ1) is 22.2. The highest BCUT2D eigenvalue weighted by molar-refractivity contribution is 5.42. The summed E-state index contributed by atoms with van der Waals surface area (Å²) in [5.74, 6) is 0.989. The van der Waals surface area contributed by atoms with E-state index in [-0.39, 0.29) is 24.0 Å². The van der Waals surface area contributed by atoms with E-state index in [0.29, 0.717) is 18.1 Å². The molecule has 1 aromatic carbocycles. The highest BCUT2D eigenvalue weighted by atomic mass is 16.3. The molecule has 1 aromatic rings. The van der Waals surface area contributed by atoms with Gasteiger partial charge in [0, 0.05) is 6.61 Å². The molecule has 27 heavy (non-hydrogen) atoms. The fraction of sp³-hybridized carbons (Fsp3) is 0.750. The second-order valence-electron chi connectivity index (χ2n) is 9.17. The van der Waals surface area contributed by atoms with Crippen LogP contribution in [-0.4, -0.2) is 28.0 Å². The van der Waals surface area contributed by atoms with Gasteiger partial charge in [0.05, 0.1) is 6.10 Å². The molecule has 0 unspecified atom stereocenters. The lowest BCUT2D eigenvalue weighted by Crippen LogP contribution is -2.27. The zero-order valence-corrected chi connectivity index (χ0v) is 17.6. The Labute approximate surface area is 165 Å². The molecule has 0 heterocycles. The minimum absolute atomic E-state index is 0.0616. The predicted octanol–water partition coefficient (Wildman–Crippen LogP) is 5.66. The van der Waals surface area contributed by atoms with Gasteiger partial charge in [0.1, 0.15) is 5.75 Å². The molecule has 3 atom stereocenters. The minimum atomic E-state index is -0.283. The van der Waals surface area contributed by atoms with Gasteiger partial charge in [0.2, 0.25) is 0 Å². The third kappa shape index (κ3) is 6.22. The van der Waals surface area contributed by atoms with E-state index < -0.39 is 0 Å². The number of aromatic hydroxyl groups is 1. The Hall–Kier alpha value is -1.06. The molecule has 0 radical (unpaired) electrons. The molecule has 154 valence electrons.